The van der Waals surface area contributed by atoms with E-state index in [2.05, 4.69) is 11.4 Å². The van der Waals surface area contributed by atoms with Crippen LogP contribution in [0.3, 0.4) is 0 Å². The number of carbonyl (C=O) groups is 2. The van der Waals surface area contributed by atoms with Crippen LogP contribution in [-0.4, -0.2) is 49.4 Å². The quantitative estimate of drug-likeness (QED) is 0.762. The minimum absolute atomic E-state index is 0.196. The van der Waals surface area contributed by atoms with Crippen molar-refractivity contribution in [2.24, 2.45) is 4.99 Å². The Hall–Kier alpha value is -3.45. The molecule has 1 N–H and O–H groups in total. The number of likely N-dealkylation sites (tertiary alicyclic amines) is 1. The molecule has 1 saturated heterocycles. The Morgan fingerprint density at radius 3 is 2.73 bits per heavy atom. The smallest absolute Gasteiger partial charge is 0.256 e. The number of fused-ring (bicyclic) bond motifs is 1. The Morgan fingerprint density at radius 2 is 2.03 bits per heavy atom. The molecule has 3 heterocycles. The number of amidine groups is 1. The lowest BCUT2D eigenvalue weighted by atomic mass is 9.96. The van der Waals surface area contributed by atoms with E-state index >= 15 is 0 Å². The summed E-state index contributed by atoms with van der Waals surface area (Å²) in [5, 5.41) is 2.97. The molecule has 0 aliphatic carbocycles. The molecule has 170 valence electrons. The zero-order valence-electron chi connectivity index (χ0n) is 18.7. The first-order valence-corrected chi connectivity index (χ1v) is 11.3. The molecular formula is C26H27N3O4. The van der Waals surface area contributed by atoms with Gasteiger partial charge in [-0.1, -0.05) is 18.2 Å². The number of carbonyl (C=O) groups excluding carboxylic acids is 2. The molecule has 0 radical (unpaired) electrons. The van der Waals surface area contributed by atoms with E-state index in [1.807, 2.05) is 29.2 Å². The van der Waals surface area contributed by atoms with Crippen LogP contribution < -0.4 is 10.1 Å². The van der Waals surface area contributed by atoms with E-state index in [0.29, 0.717) is 44.0 Å². The number of ether oxygens (including phenoxy) is 2. The zero-order chi connectivity index (χ0) is 22.8. The van der Waals surface area contributed by atoms with Crippen LogP contribution in [0.25, 0.3) is 5.57 Å². The number of amides is 2. The molecule has 0 atom stereocenters. The van der Waals surface area contributed by atoms with Crippen LogP contribution in [0.1, 0.15) is 46.3 Å². The summed E-state index contributed by atoms with van der Waals surface area (Å²) in [7, 11) is 1.65. The molecule has 0 unspecified atom stereocenters. The maximum absolute atomic E-state index is 12.9. The SMILES string of the molecule is COc1ccc(C2=CCOCC2)c2c1CC(NC(=O)c1ccc(CN3CCCC3=O)cc1)=N2. The molecule has 2 aromatic rings. The fraction of sp³-hybridized carbons (Fsp3) is 0.346. The van der Waals surface area contributed by atoms with Crippen molar-refractivity contribution in [3.8, 4) is 5.75 Å². The fourth-order valence-corrected chi connectivity index (χ4v) is 4.61. The van der Waals surface area contributed by atoms with Gasteiger partial charge < -0.3 is 19.7 Å². The molecule has 5 rings (SSSR count). The minimum atomic E-state index is -0.198. The Kier molecular flexibility index (Phi) is 5.96. The summed E-state index contributed by atoms with van der Waals surface area (Å²) in [6.45, 7) is 2.69. The number of nitrogens with zero attached hydrogens (tertiary/aromatic N) is 2. The van der Waals surface area contributed by atoms with Gasteiger partial charge in [-0.15, -0.1) is 0 Å². The van der Waals surface area contributed by atoms with E-state index < -0.39 is 0 Å². The molecule has 1 fully saturated rings. The molecule has 7 heteroatoms. The van der Waals surface area contributed by atoms with Crippen LogP contribution in [0.5, 0.6) is 5.75 Å². The molecule has 2 amide bonds. The standard InChI is InChI=1S/C26H27N3O4/c1-32-22-9-8-20(18-10-13-33-14-11-18)25-21(22)15-23(27-25)28-26(31)19-6-4-17(5-7-19)16-29-12-2-3-24(29)30/h4-10H,2-3,11-16H2,1H3,(H,27,28,31). The van der Waals surface area contributed by atoms with Crippen LogP contribution in [0, 0.1) is 0 Å². The van der Waals surface area contributed by atoms with Gasteiger partial charge in [-0.2, -0.15) is 0 Å². The summed E-state index contributed by atoms with van der Waals surface area (Å²) in [5.41, 5.74) is 5.71. The van der Waals surface area contributed by atoms with Crippen molar-refractivity contribution in [3.63, 3.8) is 0 Å². The van der Waals surface area contributed by atoms with Gasteiger partial charge in [0.2, 0.25) is 5.91 Å². The summed E-state index contributed by atoms with van der Waals surface area (Å²) < 4.78 is 11.0. The van der Waals surface area contributed by atoms with Gasteiger partial charge >= 0.3 is 0 Å². The zero-order valence-corrected chi connectivity index (χ0v) is 18.7. The van der Waals surface area contributed by atoms with Gasteiger partial charge in [0.15, 0.2) is 0 Å². The number of hydrogen-bond acceptors (Lipinski definition) is 5. The molecule has 2 aromatic carbocycles. The highest BCUT2D eigenvalue weighted by Crippen LogP contribution is 2.41. The van der Waals surface area contributed by atoms with Gasteiger partial charge in [-0.05, 0) is 48.2 Å². The number of benzene rings is 2. The largest absolute Gasteiger partial charge is 0.496 e. The van der Waals surface area contributed by atoms with Gasteiger partial charge in [0, 0.05) is 42.6 Å². The Morgan fingerprint density at radius 1 is 1.18 bits per heavy atom. The van der Waals surface area contributed by atoms with Crippen LogP contribution in [-0.2, 0) is 22.5 Å². The van der Waals surface area contributed by atoms with Crippen LogP contribution in [0.4, 0.5) is 5.69 Å². The average Bonchev–Trinajstić information content (AvgIpc) is 3.45. The van der Waals surface area contributed by atoms with Crippen molar-refractivity contribution in [3.05, 3.63) is 64.7 Å². The van der Waals surface area contributed by atoms with Crippen molar-refractivity contribution >= 4 is 28.9 Å². The monoisotopic (exact) mass is 445 g/mol. The molecule has 0 spiro atoms. The van der Waals surface area contributed by atoms with Crippen molar-refractivity contribution in [2.45, 2.75) is 32.2 Å². The first-order chi connectivity index (χ1) is 16.1. The summed E-state index contributed by atoms with van der Waals surface area (Å²) in [6.07, 6.45) is 4.99. The highest BCUT2D eigenvalue weighted by atomic mass is 16.5. The second-order valence-electron chi connectivity index (χ2n) is 8.50. The second kappa shape index (κ2) is 9.19. The van der Waals surface area contributed by atoms with Crippen molar-refractivity contribution < 1.29 is 19.1 Å². The van der Waals surface area contributed by atoms with Crippen molar-refractivity contribution in [2.75, 3.05) is 26.9 Å². The molecule has 0 bridgehead atoms. The third-order valence-electron chi connectivity index (χ3n) is 6.38. The van der Waals surface area contributed by atoms with Crippen molar-refractivity contribution in [1.82, 2.24) is 10.2 Å². The number of aliphatic imine (C=N–C) groups is 1. The van der Waals surface area contributed by atoms with Crippen molar-refractivity contribution in [1.29, 1.82) is 0 Å². The summed E-state index contributed by atoms with van der Waals surface area (Å²) in [5.74, 6) is 1.38. The van der Waals surface area contributed by atoms with Gasteiger partial charge in [0.1, 0.15) is 11.6 Å². The Balaban J connectivity index is 1.31. The normalized spacial score (nSPS) is 17.5. The maximum atomic E-state index is 12.9. The van der Waals surface area contributed by atoms with E-state index in [1.54, 1.807) is 19.2 Å². The summed E-state index contributed by atoms with van der Waals surface area (Å²) >= 11 is 0. The number of hydrogen-bond donors (Lipinski definition) is 1. The predicted molar refractivity (Wildman–Crippen MR) is 126 cm³/mol. The first-order valence-electron chi connectivity index (χ1n) is 11.3. The minimum Gasteiger partial charge on any atom is -0.496 e. The molecular weight excluding hydrogens is 418 g/mol. The molecule has 0 aromatic heterocycles. The second-order valence-corrected chi connectivity index (χ2v) is 8.50. The molecule has 7 nitrogen and oxygen atoms in total. The van der Waals surface area contributed by atoms with E-state index in [0.717, 1.165) is 47.5 Å². The highest BCUT2D eigenvalue weighted by Gasteiger charge is 2.25. The van der Waals surface area contributed by atoms with E-state index in [-0.39, 0.29) is 11.8 Å². The first kappa shape index (κ1) is 21.4. The molecule has 3 aliphatic heterocycles. The molecule has 33 heavy (non-hydrogen) atoms. The third kappa shape index (κ3) is 4.41. The fourth-order valence-electron chi connectivity index (χ4n) is 4.61. The number of methoxy groups -OCH3 is 1. The average molecular weight is 446 g/mol. The number of nitrogens with one attached hydrogen (secondary N) is 1. The van der Waals surface area contributed by atoms with Crippen LogP contribution in [0.2, 0.25) is 0 Å². The lowest BCUT2D eigenvalue weighted by molar-refractivity contribution is -0.128. The van der Waals surface area contributed by atoms with E-state index in [4.69, 9.17) is 14.5 Å². The van der Waals surface area contributed by atoms with Gasteiger partial charge in [0.25, 0.3) is 5.91 Å². The van der Waals surface area contributed by atoms with E-state index in [1.165, 1.54) is 5.57 Å². The predicted octanol–water partition coefficient (Wildman–Crippen LogP) is 3.64. The Labute approximate surface area is 193 Å². The van der Waals surface area contributed by atoms with Crippen LogP contribution in [0.15, 0.2) is 47.5 Å². The highest BCUT2D eigenvalue weighted by molar-refractivity contribution is 6.10. The van der Waals surface area contributed by atoms with Gasteiger partial charge in [-0.25, -0.2) is 4.99 Å². The summed E-state index contributed by atoms with van der Waals surface area (Å²) in [6, 6.07) is 11.4. The lowest BCUT2D eigenvalue weighted by Crippen LogP contribution is -2.30. The van der Waals surface area contributed by atoms with E-state index in [9.17, 15) is 9.59 Å². The summed E-state index contributed by atoms with van der Waals surface area (Å²) in [4.78, 5) is 31.4. The molecule has 0 saturated carbocycles. The number of rotatable bonds is 5. The Bertz CT molecular complexity index is 1150. The van der Waals surface area contributed by atoms with Crippen LogP contribution >= 0.6 is 0 Å². The van der Waals surface area contributed by atoms with Gasteiger partial charge in [-0.3, -0.25) is 9.59 Å². The topological polar surface area (TPSA) is 80.2 Å². The van der Waals surface area contributed by atoms with Gasteiger partial charge in [0.05, 0.1) is 26.0 Å². The lowest BCUT2D eigenvalue weighted by Gasteiger charge is -2.16. The third-order valence-corrected chi connectivity index (χ3v) is 6.38. The maximum Gasteiger partial charge on any atom is 0.256 e. The molecule has 3 aliphatic rings.